The number of hydrogen-bond donors (Lipinski definition) is 5. The van der Waals surface area contributed by atoms with Crippen molar-refractivity contribution in [2.75, 3.05) is 13.1 Å². The zero-order valence-electron chi connectivity index (χ0n) is 15.9. The van der Waals surface area contributed by atoms with Crippen LogP contribution in [0, 0.1) is 0 Å². The van der Waals surface area contributed by atoms with Gasteiger partial charge in [-0.05, 0) is 46.1 Å². The number of nitrogens with two attached hydrogens (primary N) is 2. The van der Waals surface area contributed by atoms with Gasteiger partial charge in [-0.25, -0.2) is 0 Å². The summed E-state index contributed by atoms with van der Waals surface area (Å²) in [7, 11) is 0. The number of nitrogens with one attached hydrogen (secondary N) is 2. The van der Waals surface area contributed by atoms with Gasteiger partial charge in [-0.15, -0.1) is 0 Å². The molecule has 1 fully saturated rings. The minimum atomic E-state index is -1.15. The fourth-order valence-corrected chi connectivity index (χ4v) is 2.94. The Labute approximate surface area is 159 Å². The van der Waals surface area contributed by atoms with Gasteiger partial charge in [0.2, 0.25) is 17.7 Å². The van der Waals surface area contributed by atoms with Crippen molar-refractivity contribution in [2.24, 2.45) is 11.5 Å². The van der Waals surface area contributed by atoms with E-state index in [0.29, 0.717) is 32.4 Å². The van der Waals surface area contributed by atoms with Crippen LogP contribution in [0.3, 0.4) is 0 Å². The Morgan fingerprint density at radius 1 is 1.15 bits per heavy atom. The molecule has 4 atom stereocenters. The average molecular weight is 385 g/mol. The highest BCUT2D eigenvalue weighted by molar-refractivity contribution is 5.94. The summed E-state index contributed by atoms with van der Waals surface area (Å²) in [6.45, 7) is 3.81. The largest absolute Gasteiger partial charge is 0.480 e. The van der Waals surface area contributed by atoms with Crippen LogP contribution in [-0.4, -0.2) is 71.0 Å². The van der Waals surface area contributed by atoms with E-state index in [4.69, 9.17) is 16.6 Å². The summed E-state index contributed by atoms with van der Waals surface area (Å²) in [6, 6.07) is -3.33. The number of hydrogen-bond acceptors (Lipinski definition) is 6. The Morgan fingerprint density at radius 2 is 1.81 bits per heavy atom. The minimum Gasteiger partial charge on any atom is -0.480 e. The van der Waals surface area contributed by atoms with Crippen molar-refractivity contribution in [1.29, 1.82) is 0 Å². The molecule has 0 aliphatic carbocycles. The molecular weight excluding hydrogens is 354 g/mol. The van der Waals surface area contributed by atoms with Crippen molar-refractivity contribution >= 4 is 23.7 Å². The summed E-state index contributed by atoms with van der Waals surface area (Å²) in [6.07, 6.45) is 3.05. The third-order valence-electron chi connectivity index (χ3n) is 4.60. The van der Waals surface area contributed by atoms with E-state index in [1.54, 1.807) is 6.92 Å². The lowest BCUT2D eigenvalue weighted by atomic mass is 10.1. The van der Waals surface area contributed by atoms with Gasteiger partial charge in [0.15, 0.2) is 0 Å². The highest BCUT2D eigenvalue weighted by atomic mass is 16.4. The van der Waals surface area contributed by atoms with Crippen LogP contribution in [0.5, 0.6) is 0 Å². The maximum atomic E-state index is 12.7. The number of carbonyl (C=O) groups excluding carboxylic acids is 3. The number of carbonyl (C=O) groups is 4. The monoisotopic (exact) mass is 385 g/mol. The van der Waals surface area contributed by atoms with E-state index < -0.39 is 47.9 Å². The van der Waals surface area contributed by atoms with E-state index >= 15 is 0 Å². The molecule has 27 heavy (non-hydrogen) atoms. The molecule has 1 heterocycles. The predicted octanol–water partition coefficient (Wildman–Crippen LogP) is -1.47. The van der Waals surface area contributed by atoms with Crippen LogP contribution < -0.4 is 22.1 Å². The van der Waals surface area contributed by atoms with Gasteiger partial charge < -0.3 is 32.1 Å². The van der Waals surface area contributed by atoms with E-state index in [-0.39, 0.29) is 0 Å². The maximum absolute atomic E-state index is 12.7. The number of rotatable bonds is 10. The SMILES string of the molecule is C[C@H](NC(=O)[C@@H]1CCCN1C(=O)[C@H](C)NC(=O)[C@@H](N)CCCCN)C(=O)O. The lowest BCUT2D eigenvalue weighted by Gasteiger charge is -2.28. The second-order valence-electron chi connectivity index (χ2n) is 6.88. The highest BCUT2D eigenvalue weighted by Crippen LogP contribution is 2.19. The van der Waals surface area contributed by atoms with E-state index in [0.717, 1.165) is 12.8 Å². The van der Waals surface area contributed by atoms with Gasteiger partial charge in [-0.1, -0.05) is 6.42 Å². The molecule has 154 valence electrons. The molecule has 1 saturated heterocycles. The number of nitrogens with zero attached hydrogens (tertiary/aromatic N) is 1. The zero-order valence-corrected chi connectivity index (χ0v) is 15.9. The first-order valence-corrected chi connectivity index (χ1v) is 9.28. The Balaban J connectivity index is 2.61. The number of amides is 3. The molecule has 10 nitrogen and oxygen atoms in total. The molecule has 1 aliphatic rings. The summed E-state index contributed by atoms with van der Waals surface area (Å²) in [5.41, 5.74) is 11.2. The third kappa shape index (κ3) is 6.79. The topological polar surface area (TPSA) is 168 Å². The Bertz CT molecular complexity index is 556. The summed E-state index contributed by atoms with van der Waals surface area (Å²) in [5, 5.41) is 13.9. The normalized spacial score (nSPS) is 19.9. The quantitative estimate of drug-likeness (QED) is 0.286. The molecule has 0 bridgehead atoms. The summed E-state index contributed by atoms with van der Waals surface area (Å²) in [5.74, 6) is -2.47. The third-order valence-corrected chi connectivity index (χ3v) is 4.60. The zero-order chi connectivity index (χ0) is 20.6. The molecule has 3 amide bonds. The standard InChI is InChI=1S/C17H31N5O5/c1-10(20-14(23)12(19)6-3-4-8-18)16(25)22-9-5-7-13(22)15(24)21-11(2)17(26)27/h10-13H,3-9,18-19H2,1-2H3,(H,20,23)(H,21,24)(H,26,27)/t10-,11-,12-,13-/m0/s1. The Hall–Kier alpha value is -2.20. The van der Waals surface area contributed by atoms with Crippen LogP contribution in [0.1, 0.15) is 46.0 Å². The second-order valence-corrected chi connectivity index (χ2v) is 6.88. The summed E-state index contributed by atoms with van der Waals surface area (Å²) < 4.78 is 0. The molecule has 0 aromatic heterocycles. The molecule has 0 spiro atoms. The Morgan fingerprint density at radius 3 is 2.41 bits per heavy atom. The minimum absolute atomic E-state index is 0.376. The number of carboxylic acids is 1. The van der Waals surface area contributed by atoms with Crippen molar-refractivity contribution in [1.82, 2.24) is 15.5 Å². The molecule has 7 N–H and O–H groups in total. The lowest BCUT2D eigenvalue weighted by Crippen LogP contribution is -2.55. The first kappa shape index (κ1) is 22.8. The number of aliphatic carboxylic acids is 1. The van der Waals surface area contributed by atoms with Crippen LogP contribution in [0.4, 0.5) is 0 Å². The van der Waals surface area contributed by atoms with Crippen molar-refractivity contribution in [2.45, 2.75) is 70.1 Å². The van der Waals surface area contributed by atoms with Gasteiger partial charge in [-0.2, -0.15) is 0 Å². The van der Waals surface area contributed by atoms with Gasteiger partial charge in [0.1, 0.15) is 18.1 Å². The van der Waals surface area contributed by atoms with Gasteiger partial charge in [-0.3, -0.25) is 19.2 Å². The molecule has 0 saturated carbocycles. The van der Waals surface area contributed by atoms with Crippen molar-refractivity contribution in [3.05, 3.63) is 0 Å². The first-order chi connectivity index (χ1) is 12.7. The molecule has 1 rings (SSSR count). The molecule has 10 heteroatoms. The molecule has 0 unspecified atom stereocenters. The van der Waals surface area contributed by atoms with Gasteiger partial charge in [0, 0.05) is 6.54 Å². The van der Waals surface area contributed by atoms with E-state index in [1.165, 1.54) is 11.8 Å². The summed E-state index contributed by atoms with van der Waals surface area (Å²) >= 11 is 0. The fraction of sp³-hybridized carbons (Fsp3) is 0.765. The molecular formula is C17H31N5O5. The van der Waals surface area contributed by atoms with Gasteiger partial charge in [0.25, 0.3) is 0 Å². The lowest BCUT2D eigenvalue weighted by molar-refractivity contribution is -0.144. The van der Waals surface area contributed by atoms with E-state index in [1.807, 2.05) is 0 Å². The van der Waals surface area contributed by atoms with Crippen LogP contribution in [0.25, 0.3) is 0 Å². The maximum Gasteiger partial charge on any atom is 0.325 e. The molecule has 0 aromatic rings. The average Bonchev–Trinajstić information content (AvgIpc) is 3.10. The number of likely N-dealkylation sites (tertiary alicyclic amines) is 1. The fourth-order valence-electron chi connectivity index (χ4n) is 2.94. The molecule has 0 radical (unpaired) electrons. The Kier molecular flexibility index (Phi) is 9.16. The number of unbranched alkanes of at least 4 members (excludes halogenated alkanes) is 1. The van der Waals surface area contributed by atoms with Crippen LogP contribution in [0.15, 0.2) is 0 Å². The molecule has 0 aromatic carbocycles. The number of carboxylic acid groups (broad SMARTS) is 1. The smallest absolute Gasteiger partial charge is 0.325 e. The van der Waals surface area contributed by atoms with Gasteiger partial charge >= 0.3 is 5.97 Å². The van der Waals surface area contributed by atoms with Crippen molar-refractivity contribution in [3.63, 3.8) is 0 Å². The predicted molar refractivity (Wildman–Crippen MR) is 98.5 cm³/mol. The second kappa shape index (κ2) is 10.8. The van der Waals surface area contributed by atoms with Gasteiger partial charge in [0.05, 0.1) is 6.04 Å². The molecule has 1 aliphatic heterocycles. The van der Waals surface area contributed by atoms with E-state index in [9.17, 15) is 19.2 Å². The highest BCUT2D eigenvalue weighted by Gasteiger charge is 2.37. The first-order valence-electron chi connectivity index (χ1n) is 9.28. The van der Waals surface area contributed by atoms with Crippen LogP contribution in [0.2, 0.25) is 0 Å². The van der Waals surface area contributed by atoms with Crippen molar-refractivity contribution in [3.8, 4) is 0 Å². The van der Waals surface area contributed by atoms with Crippen molar-refractivity contribution < 1.29 is 24.3 Å². The summed E-state index contributed by atoms with van der Waals surface area (Å²) in [4.78, 5) is 49.3. The van der Waals surface area contributed by atoms with E-state index in [2.05, 4.69) is 10.6 Å². The van der Waals surface area contributed by atoms with Crippen LogP contribution >= 0.6 is 0 Å². The van der Waals surface area contributed by atoms with Crippen LogP contribution in [-0.2, 0) is 19.2 Å².